The van der Waals surface area contributed by atoms with Gasteiger partial charge in [-0.15, -0.1) is 0 Å². The summed E-state index contributed by atoms with van der Waals surface area (Å²) in [4.78, 5) is 22.7. The van der Waals surface area contributed by atoms with Crippen molar-refractivity contribution in [2.45, 2.75) is 103 Å². The molecule has 1 aliphatic rings. The minimum absolute atomic E-state index is 0.0522. The molecule has 0 aromatic rings. The molecule has 4 nitrogen and oxygen atoms in total. The minimum atomic E-state index is -0.418. The van der Waals surface area contributed by atoms with E-state index < -0.39 is 6.04 Å². The summed E-state index contributed by atoms with van der Waals surface area (Å²) in [6.07, 6.45) is 20.6. The standard InChI is InChI=1S/C21H37NO3/c1-2-3-4-5-6-7-8-9-10-11-12-13-14-15-18-25-21(24)19-16-17-20(23)22-19/h11-12,19H,2-10,13-18H2,1H3,(H,22,23)/b12-11+/t19-/m0/s1. The Hall–Kier alpha value is -1.32. The molecule has 4 heteroatoms. The van der Waals surface area contributed by atoms with Crippen LogP contribution >= 0.6 is 0 Å². The number of ether oxygens (including phenoxy) is 1. The lowest BCUT2D eigenvalue weighted by atomic mass is 10.1. The Morgan fingerprint density at radius 2 is 1.60 bits per heavy atom. The van der Waals surface area contributed by atoms with E-state index >= 15 is 0 Å². The van der Waals surface area contributed by atoms with Gasteiger partial charge in [0.2, 0.25) is 5.91 Å². The highest BCUT2D eigenvalue weighted by atomic mass is 16.5. The topological polar surface area (TPSA) is 55.4 Å². The summed E-state index contributed by atoms with van der Waals surface area (Å²) in [6.45, 7) is 2.72. The lowest BCUT2D eigenvalue weighted by Gasteiger charge is -2.09. The highest BCUT2D eigenvalue weighted by Gasteiger charge is 2.28. The van der Waals surface area contributed by atoms with Crippen molar-refractivity contribution in [3.05, 3.63) is 12.2 Å². The minimum Gasteiger partial charge on any atom is -0.464 e. The van der Waals surface area contributed by atoms with Gasteiger partial charge in [0, 0.05) is 6.42 Å². The van der Waals surface area contributed by atoms with Crippen molar-refractivity contribution in [3.8, 4) is 0 Å². The van der Waals surface area contributed by atoms with Gasteiger partial charge in [-0.25, -0.2) is 4.79 Å². The zero-order valence-corrected chi connectivity index (χ0v) is 16.1. The second kappa shape index (κ2) is 15.0. The molecule has 0 bridgehead atoms. The maximum absolute atomic E-state index is 11.7. The zero-order chi connectivity index (χ0) is 18.2. The lowest BCUT2D eigenvalue weighted by Crippen LogP contribution is -2.34. The smallest absolute Gasteiger partial charge is 0.328 e. The van der Waals surface area contributed by atoms with Gasteiger partial charge < -0.3 is 10.1 Å². The fourth-order valence-electron chi connectivity index (χ4n) is 3.06. The molecule has 0 spiro atoms. The molecule has 0 aromatic heterocycles. The number of hydrogen-bond acceptors (Lipinski definition) is 3. The van der Waals surface area contributed by atoms with E-state index in [0.29, 0.717) is 19.4 Å². The lowest BCUT2D eigenvalue weighted by molar-refractivity contribution is -0.146. The Balaban J connectivity index is 1.81. The predicted molar refractivity (Wildman–Crippen MR) is 102 cm³/mol. The summed E-state index contributed by atoms with van der Waals surface area (Å²) < 4.78 is 5.20. The number of amides is 1. The van der Waals surface area contributed by atoms with Crippen LogP contribution in [0.3, 0.4) is 0 Å². The Kier molecular flexibility index (Phi) is 13.0. The molecule has 0 unspecified atom stereocenters. The number of carbonyl (C=O) groups is 2. The van der Waals surface area contributed by atoms with Crippen LogP contribution in [0.4, 0.5) is 0 Å². The summed E-state index contributed by atoms with van der Waals surface area (Å²) in [6, 6.07) is -0.418. The van der Waals surface area contributed by atoms with Gasteiger partial charge in [-0.1, -0.05) is 64.0 Å². The van der Waals surface area contributed by atoms with E-state index in [-0.39, 0.29) is 11.9 Å². The zero-order valence-electron chi connectivity index (χ0n) is 16.1. The van der Waals surface area contributed by atoms with Crippen molar-refractivity contribution in [3.63, 3.8) is 0 Å². The van der Waals surface area contributed by atoms with Crippen LogP contribution in [0.5, 0.6) is 0 Å². The average molecular weight is 352 g/mol. The second-order valence-corrected chi connectivity index (χ2v) is 7.06. The molecular formula is C21H37NO3. The molecule has 1 amide bonds. The maximum Gasteiger partial charge on any atom is 0.328 e. The highest BCUT2D eigenvalue weighted by molar-refractivity contribution is 5.87. The van der Waals surface area contributed by atoms with Gasteiger partial charge in [0.15, 0.2) is 0 Å². The number of nitrogens with one attached hydrogen (secondary N) is 1. The van der Waals surface area contributed by atoms with Crippen LogP contribution in [0.2, 0.25) is 0 Å². The molecule has 0 saturated carbocycles. The molecule has 1 saturated heterocycles. The number of esters is 1. The molecule has 0 aliphatic carbocycles. The van der Waals surface area contributed by atoms with E-state index in [0.717, 1.165) is 19.3 Å². The normalized spacial score (nSPS) is 17.2. The summed E-state index contributed by atoms with van der Waals surface area (Å²) >= 11 is 0. The molecule has 1 rings (SSSR count). The first kappa shape index (κ1) is 21.7. The molecule has 25 heavy (non-hydrogen) atoms. The SMILES string of the molecule is CCCCCCCCCC/C=C/CCCCOC(=O)[C@@H]1CCC(=O)N1. The van der Waals surface area contributed by atoms with E-state index in [1.165, 1.54) is 57.8 Å². The molecule has 0 aromatic carbocycles. The van der Waals surface area contributed by atoms with Gasteiger partial charge in [0.1, 0.15) is 6.04 Å². The first-order valence-electron chi connectivity index (χ1n) is 10.3. The number of unbranched alkanes of at least 4 members (excludes halogenated alkanes) is 10. The number of rotatable bonds is 15. The second-order valence-electron chi connectivity index (χ2n) is 7.06. The molecule has 0 radical (unpaired) electrons. The van der Waals surface area contributed by atoms with E-state index in [1.54, 1.807) is 0 Å². The van der Waals surface area contributed by atoms with Crippen LogP contribution in [0, 0.1) is 0 Å². The third-order valence-electron chi connectivity index (χ3n) is 4.68. The predicted octanol–water partition coefficient (Wildman–Crippen LogP) is 5.07. The van der Waals surface area contributed by atoms with Crippen LogP contribution in [-0.2, 0) is 14.3 Å². The van der Waals surface area contributed by atoms with Gasteiger partial charge in [-0.3, -0.25) is 4.79 Å². The van der Waals surface area contributed by atoms with Crippen molar-refractivity contribution in [1.82, 2.24) is 5.32 Å². The molecular weight excluding hydrogens is 314 g/mol. The van der Waals surface area contributed by atoms with E-state index in [9.17, 15) is 9.59 Å². The number of allylic oxidation sites excluding steroid dienone is 2. The Bertz CT molecular complexity index is 393. The van der Waals surface area contributed by atoms with Crippen LogP contribution in [0.1, 0.15) is 96.8 Å². The maximum atomic E-state index is 11.7. The van der Waals surface area contributed by atoms with Crippen LogP contribution < -0.4 is 5.32 Å². The van der Waals surface area contributed by atoms with Crippen molar-refractivity contribution in [2.75, 3.05) is 6.61 Å². The van der Waals surface area contributed by atoms with Gasteiger partial charge in [-0.05, 0) is 38.5 Å². The molecule has 144 valence electrons. The average Bonchev–Trinajstić information content (AvgIpc) is 3.04. The largest absolute Gasteiger partial charge is 0.464 e. The molecule has 1 atom stereocenters. The number of carbonyl (C=O) groups excluding carboxylic acids is 2. The van der Waals surface area contributed by atoms with Gasteiger partial charge >= 0.3 is 5.97 Å². The summed E-state index contributed by atoms with van der Waals surface area (Å²) in [5.41, 5.74) is 0. The third-order valence-corrected chi connectivity index (χ3v) is 4.68. The van der Waals surface area contributed by atoms with Crippen molar-refractivity contribution < 1.29 is 14.3 Å². The van der Waals surface area contributed by atoms with Gasteiger partial charge in [0.05, 0.1) is 6.61 Å². The Morgan fingerprint density at radius 1 is 1.00 bits per heavy atom. The summed E-state index contributed by atoms with van der Waals surface area (Å²) in [5, 5.41) is 2.63. The molecule has 1 N–H and O–H groups in total. The number of hydrogen-bond donors (Lipinski definition) is 1. The van der Waals surface area contributed by atoms with Gasteiger partial charge in [0.25, 0.3) is 0 Å². The Labute approximate surface area is 153 Å². The highest BCUT2D eigenvalue weighted by Crippen LogP contribution is 2.10. The van der Waals surface area contributed by atoms with Crippen LogP contribution in [-0.4, -0.2) is 24.5 Å². The summed E-state index contributed by atoms with van der Waals surface area (Å²) in [7, 11) is 0. The quantitative estimate of drug-likeness (QED) is 0.255. The monoisotopic (exact) mass is 351 g/mol. The van der Waals surface area contributed by atoms with Crippen molar-refractivity contribution >= 4 is 11.9 Å². The first-order chi connectivity index (χ1) is 12.2. The third kappa shape index (κ3) is 11.8. The fraction of sp³-hybridized carbons (Fsp3) is 0.810. The van der Waals surface area contributed by atoms with Crippen LogP contribution in [0.25, 0.3) is 0 Å². The van der Waals surface area contributed by atoms with Crippen molar-refractivity contribution in [2.24, 2.45) is 0 Å². The summed E-state index contributed by atoms with van der Waals surface area (Å²) in [5.74, 6) is -0.334. The molecule has 1 heterocycles. The molecule has 1 aliphatic heterocycles. The Morgan fingerprint density at radius 3 is 2.20 bits per heavy atom. The van der Waals surface area contributed by atoms with E-state index in [4.69, 9.17) is 4.74 Å². The van der Waals surface area contributed by atoms with E-state index in [2.05, 4.69) is 24.4 Å². The van der Waals surface area contributed by atoms with Crippen molar-refractivity contribution in [1.29, 1.82) is 0 Å². The fourth-order valence-corrected chi connectivity index (χ4v) is 3.06. The van der Waals surface area contributed by atoms with Crippen LogP contribution in [0.15, 0.2) is 12.2 Å². The van der Waals surface area contributed by atoms with E-state index in [1.807, 2.05) is 0 Å². The molecule has 1 fully saturated rings. The first-order valence-corrected chi connectivity index (χ1v) is 10.3. The van der Waals surface area contributed by atoms with Gasteiger partial charge in [-0.2, -0.15) is 0 Å².